The van der Waals surface area contributed by atoms with Gasteiger partial charge < -0.3 is 5.32 Å². The van der Waals surface area contributed by atoms with E-state index in [1.807, 2.05) is 0 Å². The Labute approximate surface area is 189 Å². The molecule has 0 saturated heterocycles. The van der Waals surface area contributed by atoms with Gasteiger partial charge in [-0.25, -0.2) is 13.5 Å². The Morgan fingerprint density at radius 3 is 2.30 bits per heavy atom. The number of halogens is 6. The maximum atomic E-state index is 13.8. The van der Waals surface area contributed by atoms with Crippen molar-refractivity contribution in [2.75, 3.05) is 5.32 Å². The van der Waals surface area contributed by atoms with E-state index in [1.165, 1.54) is 48.5 Å². The fraction of sp³-hybridized carbons (Fsp3) is 0.0435. The Balaban J connectivity index is 1.69. The number of aromatic nitrogens is 2. The van der Waals surface area contributed by atoms with Gasteiger partial charge >= 0.3 is 6.18 Å². The summed E-state index contributed by atoms with van der Waals surface area (Å²) in [6.07, 6.45) is -4.68. The Bertz CT molecular complexity index is 1330. The Kier molecular flexibility index (Phi) is 5.90. The molecule has 4 aromatic rings. The minimum atomic E-state index is -4.68. The van der Waals surface area contributed by atoms with Gasteiger partial charge in [-0.05, 0) is 42.5 Å². The largest absolute Gasteiger partial charge is 0.435 e. The second-order valence-corrected chi connectivity index (χ2v) is 7.32. The highest BCUT2D eigenvalue weighted by Crippen LogP contribution is 2.34. The summed E-state index contributed by atoms with van der Waals surface area (Å²) in [4.78, 5) is 12.4. The van der Waals surface area contributed by atoms with Gasteiger partial charge in [0.05, 0.1) is 22.1 Å². The van der Waals surface area contributed by atoms with Gasteiger partial charge in [-0.2, -0.15) is 18.3 Å². The van der Waals surface area contributed by atoms with E-state index in [-0.39, 0.29) is 27.7 Å². The number of anilines is 1. The van der Waals surface area contributed by atoms with Crippen LogP contribution in [0.3, 0.4) is 0 Å². The molecule has 10 heteroatoms. The zero-order valence-corrected chi connectivity index (χ0v) is 17.3. The summed E-state index contributed by atoms with van der Waals surface area (Å²) in [7, 11) is 0. The molecule has 33 heavy (non-hydrogen) atoms. The van der Waals surface area contributed by atoms with Crippen LogP contribution in [0.15, 0.2) is 72.8 Å². The van der Waals surface area contributed by atoms with Crippen molar-refractivity contribution in [3.05, 3.63) is 101 Å². The van der Waals surface area contributed by atoms with E-state index in [0.29, 0.717) is 5.56 Å². The van der Waals surface area contributed by atoms with Crippen LogP contribution in [0.4, 0.5) is 27.6 Å². The number of benzene rings is 3. The molecule has 1 N–H and O–H groups in total. The molecule has 0 saturated carbocycles. The van der Waals surface area contributed by atoms with Crippen molar-refractivity contribution in [3.8, 4) is 16.9 Å². The van der Waals surface area contributed by atoms with Crippen LogP contribution in [-0.4, -0.2) is 15.7 Å². The summed E-state index contributed by atoms with van der Waals surface area (Å²) in [5.74, 6) is -3.04. The molecule has 0 bridgehead atoms. The summed E-state index contributed by atoms with van der Waals surface area (Å²) in [6.45, 7) is 0. The number of carbonyl (C=O) groups is 1. The molecule has 4 nitrogen and oxygen atoms in total. The van der Waals surface area contributed by atoms with Crippen molar-refractivity contribution in [1.82, 2.24) is 9.78 Å². The first-order valence-electron chi connectivity index (χ1n) is 9.43. The number of amides is 1. The van der Waals surface area contributed by atoms with Crippen molar-refractivity contribution in [3.63, 3.8) is 0 Å². The van der Waals surface area contributed by atoms with Gasteiger partial charge in [0.2, 0.25) is 0 Å². The lowest BCUT2D eigenvalue weighted by molar-refractivity contribution is -0.141. The van der Waals surface area contributed by atoms with Gasteiger partial charge in [0.1, 0.15) is 0 Å². The van der Waals surface area contributed by atoms with E-state index in [4.69, 9.17) is 11.6 Å². The second kappa shape index (κ2) is 8.67. The third-order valence-electron chi connectivity index (χ3n) is 4.72. The molecule has 0 unspecified atom stereocenters. The van der Waals surface area contributed by atoms with Crippen LogP contribution in [-0.2, 0) is 6.18 Å². The molecule has 168 valence electrons. The van der Waals surface area contributed by atoms with Gasteiger partial charge in [0.25, 0.3) is 5.91 Å². The van der Waals surface area contributed by atoms with Gasteiger partial charge in [-0.3, -0.25) is 4.79 Å². The topological polar surface area (TPSA) is 46.9 Å². The average molecular weight is 478 g/mol. The predicted octanol–water partition coefficient (Wildman–Crippen LogP) is 6.74. The summed E-state index contributed by atoms with van der Waals surface area (Å²) >= 11 is 6.16. The Hall–Kier alpha value is -3.72. The zero-order valence-electron chi connectivity index (χ0n) is 16.5. The molecular formula is C23H13ClF5N3O. The van der Waals surface area contributed by atoms with Gasteiger partial charge in [0.15, 0.2) is 17.3 Å². The van der Waals surface area contributed by atoms with Gasteiger partial charge in [-0.15, -0.1) is 0 Å². The highest BCUT2D eigenvalue weighted by atomic mass is 35.5. The highest BCUT2D eigenvalue weighted by molar-refractivity contribution is 6.32. The number of carbonyl (C=O) groups excluding carboxylic acids is 1. The van der Waals surface area contributed by atoms with Crippen LogP contribution in [0.1, 0.15) is 16.1 Å². The lowest BCUT2D eigenvalue weighted by Gasteiger charge is -2.10. The summed E-state index contributed by atoms with van der Waals surface area (Å²) < 4.78 is 68.2. The van der Waals surface area contributed by atoms with Crippen molar-refractivity contribution in [2.24, 2.45) is 0 Å². The average Bonchev–Trinajstić information content (AvgIpc) is 3.23. The molecule has 1 aromatic heterocycles. The number of alkyl halides is 3. The van der Waals surface area contributed by atoms with Crippen LogP contribution in [0.2, 0.25) is 5.02 Å². The molecule has 0 radical (unpaired) electrons. The predicted molar refractivity (Wildman–Crippen MR) is 113 cm³/mol. The van der Waals surface area contributed by atoms with Crippen LogP contribution in [0.25, 0.3) is 16.9 Å². The third-order valence-corrected chi connectivity index (χ3v) is 5.04. The standard InChI is InChI=1S/C23H13ClF5N3O/c24-15-4-1-2-7-18(15)32-19(12-20(31-32)23(27,28)29)13-8-10-14(11-9-13)22(33)30-17-6-3-5-16(25)21(17)26/h1-12H,(H,30,33). The Morgan fingerprint density at radius 1 is 0.939 bits per heavy atom. The first-order valence-corrected chi connectivity index (χ1v) is 9.81. The molecule has 0 aliphatic heterocycles. The van der Waals surface area contributed by atoms with Gasteiger partial charge in [-0.1, -0.05) is 41.9 Å². The molecule has 4 rings (SSSR count). The first-order chi connectivity index (χ1) is 15.6. The van der Waals surface area contributed by atoms with Crippen molar-refractivity contribution in [2.45, 2.75) is 6.18 Å². The Morgan fingerprint density at radius 2 is 1.64 bits per heavy atom. The molecule has 0 atom stereocenters. The molecule has 0 aliphatic carbocycles. The molecule has 0 spiro atoms. The summed E-state index contributed by atoms with van der Waals surface area (Å²) in [5.41, 5.74) is -0.697. The minimum absolute atomic E-state index is 0.0854. The summed E-state index contributed by atoms with van der Waals surface area (Å²) in [5, 5.41) is 6.13. The molecule has 0 aliphatic rings. The van der Waals surface area contributed by atoms with E-state index in [9.17, 15) is 26.7 Å². The van der Waals surface area contributed by atoms with Crippen molar-refractivity contribution < 1.29 is 26.7 Å². The molecule has 1 heterocycles. The number of rotatable bonds is 4. The van der Waals surface area contributed by atoms with Crippen LogP contribution < -0.4 is 5.32 Å². The molecular weight excluding hydrogens is 465 g/mol. The van der Waals surface area contributed by atoms with E-state index in [2.05, 4.69) is 10.4 Å². The van der Waals surface area contributed by atoms with E-state index >= 15 is 0 Å². The number of nitrogens with one attached hydrogen (secondary N) is 1. The van der Waals surface area contributed by atoms with Crippen LogP contribution in [0, 0.1) is 11.6 Å². The molecule has 0 fully saturated rings. The number of hydrogen-bond acceptors (Lipinski definition) is 2. The van der Waals surface area contributed by atoms with Crippen molar-refractivity contribution in [1.29, 1.82) is 0 Å². The van der Waals surface area contributed by atoms with E-state index < -0.39 is 29.4 Å². The lowest BCUT2D eigenvalue weighted by Crippen LogP contribution is -2.13. The van der Waals surface area contributed by atoms with Crippen molar-refractivity contribution >= 4 is 23.2 Å². The SMILES string of the molecule is O=C(Nc1cccc(F)c1F)c1ccc(-c2cc(C(F)(F)F)nn2-c2ccccc2Cl)cc1. The number of nitrogens with zero attached hydrogens (tertiary/aromatic N) is 2. The normalized spacial score (nSPS) is 11.5. The zero-order chi connectivity index (χ0) is 23.8. The quantitative estimate of drug-likeness (QED) is 0.331. The fourth-order valence-corrected chi connectivity index (χ4v) is 3.34. The number of hydrogen-bond donors (Lipinski definition) is 1. The van der Waals surface area contributed by atoms with Crippen LogP contribution in [0.5, 0.6) is 0 Å². The van der Waals surface area contributed by atoms with E-state index in [0.717, 1.165) is 16.8 Å². The maximum Gasteiger partial charge on any atom is 0.435 e. The monoisotopic (exact) mass is 477 g/mol. The fourth-order valence-electron chi connectivity index (χ4n) is 3.12. The maximum absolute atomic E-state index is 13.8. The molecule has 1 amide bonds. The second-order valence-electron chi connectivity index (χ2n) is 6.91. The third kappa shape index (κ3) is 4.58. The van der Waals surface area contributed by atoms with Crippen LogP contribution >= 0.6 is 11.6 Å². The number of para-hydroxylation sites is 1. The molecule has 3 aromatic carbocycles. The lowest BCUT2D eigenvalue weighted by atomic mass is 10.1. The smallest absolute Gasteiger partial charge is 0.319 e. The van der Waals surface area contributed by atoms with Gasteiger partial charge in [0, 0.05) is 11.1 Å². The highest BCUT2D eigenvalue weighted by Gasteiger charge is 2.35. The first kappa shape index (κ1) is 22.5. The van der Waals surface area contributed by atoms with E-state index in [1.54, 1.807) is 12.1 Å². The summed E-state index contributed by atoms with van der Waals surface area (Å²) in [6, 6.07) is 16.0. The minimum Gasteiger partial charge on any atom is -0.319 e.